The second-order valence-corrected chi connectivity index (χ2v) is 9.54. The van der Waals surface area contributed by atoms with Crippen molar-refractivity contribution in [3.05, 3.63) is 52.9 Å². The summed E-state index contributed by atoms with van der Waals surface area (Å²) in [6.07, 6.45) is 2.15. The van der Waals surface area contributed by atoms with Crippen molar-refractivity contribution in [1.82, 2.24) is 9.62 Å². The number of nitrogens with zero attached hydrogens (tertiary/aromatic N) is 1. The highest BCUT2D eigenvalue weighted by atomic mass is 32.2. The van der Waals surface area contributed by atoms with Crippen LogP contribution < -0.4 is 5.32 Å². The van der Waals surface area contributed by atoms with E-state index in [1.165, 1.54) is 15.6 Å². The third-order valence-corrected chi connectivity index (χ3v) is 7.97. The summed E-state index contributed by atoms with van der Waals surface area (Å²) < 4.78 is 32.7. The maximum Gasteiger partial charge on any atom is 0.253 e. The SMILES string of the molecule is COCc1ccccc1CNC(=O)C1CCCCN1S(=O)(=O)c1cccs1. The maximum atomic E-state index is 12.9. The quantitative estimate of drug-likeness (QED) is 0.764. The average molecular weight is 409 g/mol. The largest absolute Gasteiger partial charge is 0.380 e. The number of carbonyl (C=O) groups excluding carboxylic acids is 1. The first-order valence-electron chi connectivity index (χ1n) is 8.93. The minimum atomic E-state index is -3.64. The van der Waals surface area contributed by atoms with Gasteiger partial charge in [0, 0.05) is 20.2 Å². The number of carbonyl (C=O) groups is 1. The number of ether oxygens (including phenoxy) is 1. The minimum Gasteiger partial charge on any atom is -0.380 e. The second-order valence-electron chi connectivity index (χ2n) is 6.48. The Morgan fingerprint density at radius 3 is 2.70 bits per heavy atom. The Hall–Kier alpha value is -1.74. The molecule has 1 amide bonds. The molecule has 1 aliphatic heterocycles. The first-order valence-corrected chi connectivity index (χ1v) is 11.2. The summed E-state index contributed by atoms with van der Waals surface area (Å²) in [6.45, 7) is 1.19. The van der Waals surface area contributed by atoms with Crippen LogP contribution in [0.4, 0.5) is 0 Å². The lowest BCUT2D eigenvalue weighted by Crippen LogP contribution is -2.51. The van der Waals surface area contributed by atoms with Crippen molar-refractivity contribution in [3.63, 3.8) is 0 Å². The monoisotopic (exact) mass is 408 g/mol. The molecule has 2 heterocycles. The van der Waals surface area contributed by atoms with Crippen LogP contribution in [0.2, 0.25) is 0 Å². The van der Waals surface area contributed by atoms with Gasteiger partial charge < -0.3 is 10.1 Å². The molecular weight excluding hydrogens is 384 g/mol. The molecule has 1 N–H and O–H groups in total. The summed E-state index contributed by atoms with van der Waals surface area (Å²) in [4.78, 5) is 12.8. The fourth-order valence-electron chi connectivity index (χ4n) is 3.31. The molecule has 0 bridgehead atoms. The first kappa shape index (κ1) is 20.0. The van der Waals surface area contributed by atoms with Gasteiger partial charge in [0.05, 0.1) is 6.61 Å². The third-order valence-electron chi connectivity index (χ3n) is 4.69. The van der Waals surface area contributed by atoms with Crippen molar-refractivity contribution in [2.75, 3.05) is 13.7 Å². The molecule has 1 saturated heterocycles. The van der Waals surface area contributed by atoms with Gasteiger partial charge in [0.15, 0.2) is 0 Å². The summed E-state index contributed by atoms with van der Waals surface area (Å²) >= 11 is 1.18. The van der Waals surface area contributed by atoms with Gasteiger partial charge in [0.25, 0.3) is 10.0 Å². The Bertz CT molecular complexity index is 866. The molecule has 0 spiro atoms. The molecule has 8 heteroatoms. The zero-order chi connectivity index (χ0) is 19.3. The molecular formula is C19H24N2O4S2. The van der Waals surface area contributed by atoms with Gasteiger partial charge in [-0.3, -0.25) is 4.79 Å². The molecule has 1 atom stereocenters. The smallest absolute Gasteiger partial charge is 0.253 e. The van der Waals surface area contributed by atoms with Crippen LogP contribution in [0.25, 0.3) is 0 Å². The molecule has 0 aliphatic carbocycles. The number of hydrogen-bond acceptors (Lipinski definition) is 5. The van der Waals surface area contributed by atoms with Crippen molar-refractivity contribution < 1.29 is 17.9 Å². The topological polar surface area (TPSA) is 75.7 Å². The predicted octanol–water partition coefficient (Wildman–Crippen LogP) is 2.75. The molecule has 1 fully saturated rings. The van der Waals surface area contributed by atoms with Crippen LogP contribution in [-0.2, 0) is 32.7 Å². The van der Waals surface area contributed by atoms with E-state index in [0.717, 1.165) is 24.0 Å². The van der Waals surface area contributed by atoms with E-state index >= 15 is 0 Å². The maximum absolute atomic E-state index is 12.9. The first-order chi connectivity index (χ1) is 13.0. The van der Waals surface area contributed by atoms with E-state index in [9.17, 15) is 13.2 Å². The number of benzene rings is 1. The van der Waals surface area contributed by atoms with E-state index in [4.69, 9.17) is 4.74 Å². The van der Waals surface area contributed by atoms with Crippen LogP contribution in [0.1, 0.15) is 30.4 Å². The summed E-state index contributed by atoms with van der Waals surface area (Å²) in [5.74, 6) is -0.248. The zero-order valence-corrected chi connectivity index (χ0v) is 16.9. The minimum absolute atomic E-state index is 0.248. The van der Waals surface area contributed by atoms with E-state index in [1.807, 2.05) is 24.3 Å². The number of thiophene rings is 1. The molecule has 0 radical (unpaired) electrons. The number of nitrogens with one attached hydrogen (secondary N) is 1. The van der Waals surface area contributed by atoms with Gasteiger partial charge in [0.2, 0.25) is 5.91 Å². The zero-order valence-electron chi connectivity index (χ0n) is 15.3. The van der Waals surface area contributed by atoms with Gasteiger partial charge in [-0.15, -0.1) is 11.3 Å². The van der Waals surface area contributed by atoms with Crippen molar-refractivity contribution in [1.29, 1.82) is 0 Å². The molecule has 2 aromatic rings. The van der Waals surface area contributed by atoms with E-state index in [1.54, 1.807) is 24.6 Å². The lowest BCUT2D eigenvalue weighted by Gasteiger charge is -2.33. The highest BCUT2D eigenvalue weighted by molar-refractivity contribution is 7.91. The number of methoxy groups -OCH3 is 1. The highest BCUT2D eigenvalue weighted by Gasteiger charge is 2.37. The molecule has 146 valence electrons. The molecule has 1 aromatic heterocycles. The molecule has 3 rings (SSSR count). The molecule has 1 aromatic carbocycles. The van der Waals surface area contributed by atoms with Crippen LogP contribution in [0.15, 0.2) is 46.0 Å². The standard InChI is InChI=1S/C19H24N2O4S2/c1-25-14-16-8-3-2-7-15(16)13-20-19(22)17-9-4-5-11-21(17)27(23,24)18-10-6-12-26-18/h2-3,6-8,10,12,17H,4-5,9,11,13-14H2,1H3,(H,20,22). The average Bonchev–Trinajstić information content (AvgIpc) is 3.23. The fourth-order valence-corrected chi connectivity index (χ4v) is 6.08. The van der Waals surface area contributed by atoms with Crippen LogP contribution in [0, 0.1) is 0 Å². The lowest BCUT2D eigenvalue weighted by molar-refractivity contribution is -0.125. The van der Waals surface area contributed by atoms with Crippen molar-refractivity contribution >= 4 is 27.3 Å². The third kappa shape index (κ3) is 4.57. The van der Waals surface area contributed by atoms with Crippen molar-refractivity contribution in [2.45, 2.75) is 42.7 Å². The van der Waals surface area contributed by atoms with Gasteiger partial charge in [0.1, 0.15) is 10.3 Å². The second kappa shape index (κ2) is 8.97. The lowest BCUT2D eigenvalue weighted by atomic mass is 10.0. The predicted molar refractivity (Wildman–Crippen MR) is 105 cm³/mol. The van der Waals surface area contributed by atoms with E-state index in [0.29, 0.717) is 26.1 Å². The summed E-state index contributed by atoms with van der Waals surface area (Å²) in [5.41, 5.74) is 1.98. The number of rotatable bonds is 7. The number of piperidine rings is 1. The van der Waals surface area contributed by atoms with E-state index < -0.39 is 16.1 Å². The Morgan fingerprint density at radius 1 is 1.22 bits per heavy atom. The van der Waals surface area contributed by atoms with Gasteiger partial charge in [-0.2, -0.15) is 4.31 Å². The molecule has 27 heavy (non-hydrogen) atoms. The molecule has 1 unspecified atom stereocenters. The Labute approximate surface area is 164 Å². The van der Waals surface area contributed by atoms with Gasteiger partial charge in [-0.1, -0.05) is 36.8 Å². The summed E-state index contributed by atoms with van der Waals surface area (Å²) in [6, 6.07) is 10.4. The summed E-state index contributed by atoms with van der Waals surface area (Å²) in [7, 11) is -2.01. The fraction of sp³-hybridized carbons (Fsp3) is 0.421. The molecule has 6 nitrogen and oxygen atoms in total. The Kier molecular flexibility index (Phi) is 6.64. The number of amides is 1. The van der Waals surface area contributed by atoms with Crippen LogP contribution in [0.3, 0.4) is 0 Å². The van der Waals surface area contributed by atoms with E-state index in [2.05, 4.69) is 5.32 Å². The van der Waals surface area contributed by atoms with Crippen LogP contribution >= 0.6 is 11.3 Å². The van der Waals surface area contributed by atoms with Gasteiger partial charge in [-0.05, 0) is 35.4 Å². The van der Waals surface area contributed by atoms with Gasteiger partial charge in [-0.25, -0.2) is 8.42 Å². The normalized spacial score (nSPS) is 18.3. The van der Waals surface area contributed by atoms with Gasteiger partial charge >= 0.3 is 0 Å². The van der Waals surface area contributed by atoms with E-state index in [-0.39, 0.29) is 10.1 Å². The Morgan fingerprint density at radius 2 is 2.00 bits per heavy atom. The van der Waals surface area contributed by atoms with Crippen LogP contribution in [-0.4, -0.2) is 38.3 Å². The molecule has 0 saturated carbocycles. The number of hydrogen-bond donors (Lipinski definition) is 1. The summed E-state index contributed by atoms with van der Waals surface area (Å²) in [5, 5.41) is 4.65. The number of sulfonamides is 1. The Balaban J connectivity index is 1.73. The van der Waals surface area contributed by atoms with Crippen molar-refractivity contribution in [2.24, 2.45) is 0 Å². The van der Waals surface area contributed by atoms with Crippen molar-refractivity contribution in [3.8, 4) is 0 Å². The van der Waals surface area contributed by atoms with Crippen LogP contribution in [0.5, 0.6) is 0 Å². The molecule has 1 aliphatic rings. The highest BCUT2D eigenvalue weighted by Crippen LogP contribution is 2.28.